The van der Waals surface area contributed by atoms with E-state index in [1.54, 1.807) is 0 Å². The average molecular weight is 348 g/mol. The largest absolute Gasteiger partial charge is 0.378 e. The SMILES string of the molecule is CN(C)c1ccc(N2[C@@H](c3ccccc3)CC(=O)[C@@H]3CCCC[C@@H]32)cc1. The monoisotopic (exact) mass is 348 g/mol. The molecule has 0 spiro atoms. The first-order valence-corrected chi connectivity index (χ1v) is 9.78. The fraction of sp³-hybridized carbons (Fsp3) is 0.435. The van der Waals surface area contributed by atoms with Crippen LogP contribution < -0.4 is 9.80 Å². The third-order valence-corrected chi connectivity index (χ3v) is 6.08. The van der Waals surface area contributed by atoms with Gasteiger partial charge in [0.25, 0.3) is 0 Å². The van der Waals surface area contributed by atoms with E-state index in [0.717, 1.165) is 12.8 Å². The number of piperidine rings is 1. The van der Waals surface area contributed by atoms with Crippen molar-refractivity contribution in [1.29, 1.82) is 0 Å². The van der Waals surface area contributed by atoms with Crippen LogP contribution >= 0.6 is 0 Å². The molecule has 136 valence electrons. The van der Waals surface area contributed by atoms with Crippen LogP contribution in [0.15, 0.2) is 54.6 Å². The van der Waals surface area contributed by atoms with Crippen molar-refractivity contribution in [2.45, 2.75) is 44.2 Å². The van der Waals surface area contributed by atoms with E-state index in [4.69, 9.17) is 0 Å². The Kier molecular flexibility index (Phi) is 4.71. The number of Topliss-reactive ketones (excluding diaryl/α,β-unsaturated/α-hetero) is 1. The number of carbonyl (C=O) groups is 1. The molecule has 3 heteroatoms. The van der Waals surface area contributed by atoms with E-state index < -0.39 is 0 Å². The molecule has 2 fully saturated rings. The maximum atomic E-state index is 12.9. The van der Waals surface area contributed by atoms with Gasteiger partial charge in [-0.05, 0) is 42.7 Å². The Balaban J connectivity index is 1.75. The summed E-state index contributed by atoms with van der Waals surface area (Å²) in [5.74, 6) is 0.668. The molecule has 3 nitrogen and oxygen atoms in total. The number of carbonyl (C=O) groups excluding carboxylic acids is 1. The highest BCUT2D eigenvalue weighted by Crippen LogP contribution is 2.44. The molecule has 4 rings (SSSR count). The highest BCUT2D eigenvalue weighted by Gasteiger charge is 2.43. The second-order valence-electron chi connectivity index (χ2n) is 7.87. The zero-order chi connectivity index (χ0) is 18.1. The zero-order valence-electron chi connectivity index (χ0n) is 15.8. The number of hydrogen-bond acceptors (Lipinski definition) is 3. The van der Waals surface area contributed by atoms with Crippen molar-refractivity contribution in [3.8, 4) is 0 Å². The number of anilines is 2. The molecule has 0 unspecified atom stereocenters. The van der Waals surface area contributed by atoms with Crippen LogP contribution in [0.3, 0.4) is 0 Å². The minimum Gasteiger partial charge on any atom is -0.378 e. The van der Waals surface area contributed by atoms with Crippen molar-refractivity contribution in [1.82, 2.24) is 0 Å². The topological polar surface area (TPSA) is 23.6 Å². The van der Waals surface area contributed by atoms with Crippen molar-refractivity contribution in [2.75, 3.05) is 23.9 Å². The Morgan fingerprint density at radius 1 is 0.923 bits per heavy atom. The lowest BCUT2D eigenvalue weighted by molar-refractivity contribution is -0.126. The second-order valence-corrected chi connectivity index (χ2v) is 7.87. The maximum absolute atomic E-state index is 12.9. The predicted molar refractivity (Wildman–Crippen MR) is 108 cm³/mol. The molecule has 2 aromatic rings. The van der Waals surface area contributed by atoms with Crippen molar-refractivity contribution in [3.05, 3.63) is 60.2 Å². The Morgan fingerprint density at radius 3 is 2.31 bits per heavy atom. The van der Waals surface area contributed by atoms with E-state index in [1.165, 1.54) is 29.8 Å². The summed E-state index contributed by atoms with van der Waals surface area (Å²) in [6, 6.07) is 19.9. The number of rotatable bonds is 3. The summed E-state index contributed by atoms with van der Waals surface area (Å²) in [7, 11) is 4.14. The number of benzene rings is 2. The van der Waals surface area contributed by atoms with Crippen LogP contribution in [0.25, 0.3) is 0 Å². The van der Waals surface area contributed by atoms with E-state index in [2.05, 4.69) is 72.4 Å². The van der Waals surface area contributed by atoms with E-state index in [-0.39, 0.29) is 12.0 Å². The van der Waals surface area contributed by atoms with Gasteiger partial charge in [0.15, 0.2) is 0 Å². The number of nitrogens with zero attached hydrogens (tertiary/aromatic N) is 2. The second kappa shape index (κ2) is 7.14. The first-order valence-electron chi connectivity index (χ1n) is 9.78. The maximum Gasteiger partial charge on any atom is 0.140 e. The van der Waals surface area contributed by atoms with Gasteiger partial charge in [0.2, 0.25) is 0 Å². The summed E-state index contributed by atoms with van der Waals surface area (Å²) in [5, 5.41) is 0. The Labute approximate surface area is 156 Å². The van der Waals surface area contributed by atoms with Crippen LogP contribution in [0, 0.1) is 5.92 Å². The van der Waals surface area contributed by atoms with E-state index in [1.807, 2.05) is 6.07 Å². The molecule has 2 aliphatic rings. The highest BCUT2D eigenvalue weighted by molar-refractivity contribution is 5.85. The molecule has 1 saturated heterocycles. The minimum absolute atomic E-state index is 0.147. The van der Waals surface area contributed by atoms with Crippen molar-refractivity contribution >= 4 is 17.2 Å². The first-order chi connectivity index (χ1) is 12.6. The average Bonchev–Trinajstić information content (AvgIpc) is 2.69. The van der Waals surface area contributed by atoms with Gasteiger partial charge >= 0.3 is 0 Å². The standard InChI is InChI=1S/C23H28N2O/c1-24(2)18-12-14-19(15-13-18)25-21-11-7-6-10-20(21)23(26)16-22(25)17-8-4-3-5-9-17/h3-5,8-9,12-15,20-22H,6-7,10-11,16H2,1-2H3/t20-,21+,22-/m1/s1. The Hall–Kier alpha value is -2.29. The normalized spacial score (nSPS) is 25.7. The van der Waals surface area contributed by atoms with Crippen LogP contribution in [0.4, 0.5) is 11.4 Å². The smallest absolute Gasteiger partial charge is 0.140 e. The van der Waals surface area contributed by atoms with E-state index >= 15 is 0 Å². The molecule has 0 radical (unpaired) electrons. The van der Waals surface area contributed by atoms with Gasteiger partial charge in [-0.1, -0.05) is 43.2 Å². The molecule has 0 amide bonds. The minimum atomic E-state index is 0.147. The van der Waals surface area contributed by atoms with Crippen LogP contribution in [0.5, 0.6) is 0 Å². The zero-order valence-corrected chi connectivity index (χ0v) is 15.8. The fourth-order valence-corrected chi connectivity index (χ4v) is 4.74. The fourth-order valence-electron chi connectivity index (χ4n) is 4.74. The van der Waals surface area contributed by atoms with Gasteiger partial charge in [-0.25, -0.2) is 0 Å². The van der Waals surface area contributed by atoms with Gasteiger partial charge in [0.1, 0.15) is 5.78 Å². The van der Waals surface area contributed by atoms with Crippen molar-refractivity contribution in [2.24, 2.45) is 5.92 Å². The lowest BCUT2D eigenvalue weighted by Gasteiger charge is -2.49. The molecule has 0 aromatic heterocycles. The first kappa shape index (κ1) is 17.1. The molecule has 2 aromatic carbocycles. The third-order valence-electron chi connectivity index (χ3n) is 6.08. The summed E-state index contributed by atoms with van der Waals surface area (Å²) in [6.07, 6.45) is 5.21. The Bertz CT molecular complexity index is 754. The van der Waals surface area contributed by atoms with E-state index in [0.29, 0.717) is 18.2 Å². The van der Waals surface area contributed by atoms with Gasteiger partial charge in [-0.15, -0.1) is 0 Å². The third kappa shape index (κ3) is 3.11. The number of hydrogen-bond donors (Lipinski definition) is 0. The van der Waals surface area contributed by atoms with Crippen molar-refractivity contribution in [3.63, 3.8) is 0 Å². The summed E-state index contributed by atoms with van der Waals surface area (Å²) >= 11 is 0. The molecular formula is C23H28N2O. The summed E-state index contributed by atoms with van der Waals surface area (Å²) in [5.41, 5.74) is 3.70. The van der Waals surface area contributed by atoms with Gasteiger partial charge in [0, 0.05) is 43.9 Å². The molecule has 26 heavy (non-hydrogen) atoms. The Morgan fingerprint density at radius 2 is 1.62 bits per heavy atom. The highest BCUT2D eigenvalue weighted by atomic mass is 16.1. The lowest BCUT2D eigenvalue weighted by Crippen LogP contribution is -2.52. The van der Waals surface area contributed by atoms with Crippen LogP contribution in [0.1, 0.15) is 43.7 Å². The van der Waals surface area contributed by atoms with Gasteiger partial charge in [-0.3, -0.25) is 4.79 Å². The lowest BCUT2D eigenvalue weighted by atomic mass is 9.74. The van der Waals surface area contributed by atoms with Crippen molar-refractivity contribution < 1.29 is 4.79 Å². The summed E-state index contributed by atoms with van der Waals surface area (Å²) < 4.78 is 0. The van der Waals surface area contributed by atoms with Gasteiger partial charge in [0.05, 0.1) is 6.04 Å². The van der Waals surface area contributed by atoms with Crippen LogP contribution in [-0.2, 0) is 4.79 Å². The van der Waals surface area contributed by atoms with Gasteiger partial charge < -0.3 is 9.80 Å². The molecular weight excluding hydrogens is 320 g/mol. The molecule has 0 bridgehead atoms. The van der Waals surface area contributed by atoms with Gasteiger partial charge in [-0.2, -0.15) is 0 Å². The molecule has 0 N–H and O–H groups in total. The van der Waals surface area contributed by atoms with E-state index in [9.17, 15) is 4.79 Å². The van der Waals surface area contributed by atoms with Crippen LogP contribution in [0.2, 0.25) is 0 Å². The number of ketones is 1. The summed E-state index contributed by atoms with van der Waals surface area (Å²) in [4.78, 5) is 17.6. The summed E-state index contributed by atoms with van der Waals surface area (Å²) in [6.45, 7) is 0. The molecule has 3 atom stereocenters. The molecule has 1 aliphatic heterocycles. The quantitative estimate of drug-likeness (QED) is 0.793. The molecule has 1 heterocycles. The molecule has 1 aliphatic carbocycles. The van der Waals surface area contributed by atoms with Crippen LogP contribution in [-0.4, -0.2) is 25.9 Å². The number of fused-ring (bicyclic) bond motifs is 1. The molecule has 1 saturated carbocycles. The predicted octanol–water partition coefficient (Wildman–Crippen LogP) is 4.83.